The fourth-order valence-electron chi connectivity index (χ4n) is 2.99. The molecule has 0 saturated carbocycles. The first kappa shape index (κ1) is 16.7. The van der Waals surface area contributed by atoms with E-state index in [0.29, 0.717) is 12.3 Å². The van der Waals surface area contributed by atoms with Crippen molar-refractivity contribution >= 4 is 5.91 Å². The molecule has 1 aliphatic rings. The molecule has 1 aromatic heterocycles. The van der Waals surface area contributed by atoms with E-state index in [4.69, 9.17) is 9.26 Å². The van der Waals surface area contributed by atoms with E-state index in [9.17, 15) is 4.79 Å². The Morgan fingerprint density at radius 3 is 2.92 bits per heavy atom. The van der Waals surface area contributed by atoms with Gasteiger partial charge in [0.05, 0.1) is 18.8 Å². The van der Waals surface area contributed by atoms with Crippen molar-refractivity contribution in [3.05, 3.63) is 53.9 Å². The Balaban J connectivity index is 1.58. The van der Waals surface area contributed by atoms with Gasteiger partial charge in [0.1, 0.15) is 6.26 Å². The molecule has 0 radical (unpaired) electrons. The number of amides is 1. The molecule has 1 amide bonds. The van der Waals surface area contributed by atoms with Crippen LogP contribution in [0.2, 0.25) is 0 Å². The van der Waals surface area contributed by atoms with Crippen molar-refractivity contribution < 1.29 is 14.1 Å². The highest BCUT2D eigenvalue weighted by molar-refractivity contribution is 5.92. The average molecular weight is 329 g/mol. The molecule has 2 aromatic rings. The lowest BCUT2D eigenvalue weighted by molar-refractivity contribution is -0.0483. The van der Waals surface area contributed by atoms with E-state index in [1.807, 2.05) is 13.0 Å². The number of carbonyl (C=O) groups is 1. The summed E-state index contributed by atoms with van der Waals surface area (Å²) in [5.74, 6) is -0.223. The van der Waals surface area contributed by atoms with Crippen LogP contribution in [-0.2, 0) is 11.3 Å². The van der Waals surface area contributed by atoms with Crippen LogP contribution < -0.4 is 5.32 Å². The Kier molecular flexibility index (Phi) is 5.61. The van der Waals surface area contributed by atoms with Gasteiger partial charge in [-0.3, -0.25) is 9.69 Å². The van der Waals surface area contributed by atoms with Gasteiger partial charge in [0.15, 0.2) is 5.69 Å². The predicted molar refractivity (Wildman–Crippen MR) is 89.5 cm³/mol. The summed E-state index contributed by atoms with van der Waals surface area (Å²) >= 11 is 0. The molecular formula is C18H23N3O3. The van der Waals surface area contributed by atoms with Crippen molar-refractivity contribution in [3.8, 4) is 0 Å². The van der Waals surface area contributed by atoms with Crippen molar-refractivity contribution in [1.82, 2.24) is 15.4 Å². The number of benzene rings is 1. The Bertz CT molecular complexity index is 630. The van der Waals surface area contributed by atoms with Crippen molar-refractivity contribution in [3.63, 3.8) is 0 Å². The third-order valence-electron chi connectivity index (χ3n) is 4.30. The molecule has 6 nitrogen and oxygen atoms in total. The van der Waals surface area contributed by atoms with Gasteiger partial charge in [0.2, 0.25) is 0 Å². The first-order valence-electron chi connectivity index (χ1n) is 8.35. The lowest BCUT2D eigenvalue weighted by Crippen LogP contribution is -2.53. The number of hydrogen-bond acceptors (Lipinski definition) is 5. The Morgan fingerprint density at radius 2 is 2.21 bits per heavy atom. The lowest BCUT2D eigenvalue weighted by Gasteiger charge is -2.37. The van der Waals surface area contributed by atoms with Crippen LogP contribution in [0.15, 0.2) is 47.2 Å². The number of aromatic nitrogens is 1. The zero-order valence-electron chi connectivity index (χ0n) is 13.9. The minimum atomic E-state index is -0.223. The number of ether oxygens (including phenoxy) is 1. The first-order chi connectivity index (χ1) is 11.8. The van der Waals surface area contributed by atoms with Gasteiger partial charge >= 0.3 is 0 Å². The molecule has 0 bridgehead atoms. The molecule has 0 unspecified atom stereocenters. The standard InChI is InChI=1S/C18H23N3O3/c1-2-15(19-18(22)16-8-10-24-20-16)17-13-21(9-11-23-17)12-14-6-4-3-5-7-14/h3-8,10,15,17H,2,9,11-13H2,1H3,(H,19,22)/t15-,17+/m0/s1. The number of nitrogens with one attached hydrogen (secondary N) is 1. The Morgan fingerprint density at radius 1 is 1.38 bits per heavy atom. The van der Waals surface area contributed by atoms with Gasteiger partial charge in [-0.1, -0.05) is 42.4 Å². The van der Waals surface area contributed by atoms with Crippen LogP contribution >= 0.6 is 0 Å². The maximum Gasteiger partial charge on any atom is 0.273 e. The van der Waals surface area contributed by atoms with Crippen LogP contribution in [-0.4, -0.2) is 47.8 Å². The molecular weight excluding hydrogens is 306 g/mol. The van der Waals surface area contributed by atoms with Gasteiger partial charge in [-0.2, -0.15) is 0 Å². The maximum absolute atomic E-state index is 12.2. The maximum atomic E-state index is 12.2. The molecule has 1 fully saturated rings. The molecule has 6 heteroatoms. The van der Waals surface area contributed by atoms with Gasteiger partial charge in [0, 0.05) is 25.7 Å². The highest BCUT2D eigenvalue weighted by Gasteiger charge is 2.29. The molecule has 2 atom stereocenters. The largest absolute Gasteiger partial charge is 0.373 e. The predicted octanol–water partition coefficient (Wildman–Crippen LogP) is 2.08. The summed E-state index contributed by atoms with van der Waals surface area (Å²) in [6.07, 6.45) is 2.17. The van der Waals surface area contributed by atoms with E-state index >= 15 is 0 Å². The van der Waals surface area contributed by atoms with Crippen molar-refractivity contribution in [2.24, 2.45) is 0 Å². The molecule has 24 heavy (non-hydrogen) atoms. The molecule has 1 N–H and O–H groups in total. The fraction of sp³-hybridized carbons (Fsp3) is 0.444. The van der Waals surface area contributed by atoms with Gasteiger partial charge in [0.25, 0.3) is 5.91 Å². The van der Waals surface area contributed by atoms with Gasteiger partial charge in [-0.25, -0.2) is 0 Å². The molecule has 0 aliphatic carbocycles. The van der Waals surface area contributed by atoms with E-state index in [0.717, 1.165) is 26.1 Å². The van der Waals surface area contributed by atoms with Crippen LogP contribution in [0.4, 0.5) is 0 Å². The number of carbonyl (C=O) groups excluding carboxylic acids is 1. The highest BCUT2D eigenvalue weighted by atomic mass is 16.5. The third kappa shape index (κ3) is 4.21. The zero-order chi connectivity index (χ0) is 16.8. The van der Waals surface area contributed by atoms with Crippen molar-refractivity contribution in [1.29, 1.82) is 0 Å². The number of nitrogens with zero attached hydrogens (tertiary/aromatic N) is 2. The molecule has 2 heterocycles. The lowest BCUT2D eigenvalue weighted by atomic mass is 10.1. The molecule has 3 rings (SSSR count). The quantitative estimate of drug-likeness (QED) is 0.879. The summed E-state index contributed by atoms with van der Waals surface area (Å²) in [6.45, 7) is 5.32. The number of rotatable bonds is 6. The summed E-state index contributed by atoms with van der Waals surface area (Å²) in [6, 6.07) is 11.9. The Hall–Kier alpha value is -2.18. The summed E-state index contributed by atoms with van der Waals surface area (Å²) < 4.78 is 10.6. The number of morpholine rings is 1. The summed E-state index contributed by atoms with van der Waals surface area (Å²) in [5.41, 5.74) is 1.59. The second kappa shape index (κ2) is 8.08. The second-order valence-corrected chi connectivity index (χ2v) is 6.00. The highest BCUT2D eigenvalue weighted by Crippen LogP contribution is 2.15. The van der Waals surface area contributed by atoms with Crippen LogP contribution in [0.3, 0.4) is 0 Å². The zero-order valence-corrected chi connectivity index (χ0v) is 13.9. The van der Waals surface area contributed by atoms with E-state index in [-0.39, 0.29) is 18.1 Å². The van der Waals surface area contributed by atoms with Crippen LogP contribution in [0.25, 0.3) is 0 Å². The van der Waals surface area contributed by atoms with E-state index in [2.05, 4.69) is 39.6 Å². The van der Waals surface area contributed by atoms with Crippen LogP contribution in [0.1, 0.15) is 29.4 Å². The minimum Gasteiger partial charge on any atom is -0.373 e. The first-order valence-corrected chi connectivity index (χ1v) is 8.35. The summed E-state index contributed by atoms with van der Waals surface area (Å²) in [5, 5.41) is 6.69. The van der Waals surface area contributed by atoms with Crippen molar-refractivity contribution in [2.45, 2.75) is 32.0 Å². The van der Waals surface area contributed by atoms with Crippen molar-refractivity contribution in [2.75, 3.05) is 19.7 Å². The molecule has 1 aromatic carbocycles. The van der Waals surface area contributed by atoms with Crippen LogP contribution in [0, 0.1) is 0 Å². The molecule has 1 saturated heterocycles. The van der Waals surface area contributed by atoms with E-state index < -0.39 is 0 Å². The average Bonchev–Trinajstić information content (AvgIpc) is 3.15. The fourth-order valence-corrected chi connectivity index (χ4v) is 2.99. The topological polar surface area (TPSA) is 67.6 Å². The van der Waals surface area contributed by atoms with E-state index in [1.165, 1.54) is 11.8 Å². The SMILES string of the molecule is CC[C@H](NC(=O)c1ccon1)[C@H]1CN(Cc2ccccc2)CCO1. The van der Waals surface area contributed by atoms with Crippen LogP contribution in [0.5, 0.6) is 0 Å². The summed E-state index contributed by atoms with van der Waals surface area (Å²) in [7, 11) is 0. The summed E-state index contributed by atoms with van der Waals surface area (Å²) in [4.78, 5) is 14.6. The minimum absolute atomic E-state index is 0.0247. The molecule has 128 valence electrons. The van der Waals surface area contributed by atoms with E-state index in [1.54, 1.807) is 6.07 Å². The van der Waals surface area contributed by atoms with Gasteiger partial charge in [-0.05, 0) is 12.0 Å². The monoisotopic (exact) mass is 329 g/mol. The smallest absolute Gasteiger partial charge is 0.273 e. The van der Waals surface area contributed by atoms with Gasteiger partial charge < -0.3 is 14.6 Å². The molecule has 1 aliphatic heterocycles. The third-order valence-corrected chi connectivity index (χ3v) is 4.30. The molecule has 0 spiro atoms. The van der Waals surface area contributed by atoms with Gasteiger partial charge in [-0.15, -0.1) is 0 Å². The Labute approximate surface area is 141 Å². The number of hydrogen-bond donors (Lipinski definition) is 1. The second-order valence-electron chi connectivity index (χ2n) is 6.00. The normalized spacial score (nSPS) is 19.8.